The molecule has 0 aliphatic carbocycles. The molecule has 1 aromatic carbocycles. The van der Waals surface area contributed by atoms with E-state index in [0.29, 0.717) is 18.8 Å². The number of amides is 2. The second-order valence-electron chi connectivity index (χ2n) is 5.22. The van der Waals surface area contributed by atoms with Gasteiger partial charge in [0.1, 0.15) is 5.69 Å². The Hall–Kier alpha value is -2.64. The van der Waals surface area contributed by atoms with Crippen LogP contribution in [0.5, 0.6) is 0 Å². The zero-order valence-corrected chi connectivity index (χ0v) is 12.2. The summed E-state index contributed by atoms with van der Waals surface area (Å²) in [5.41, 5.74) is 5.49. The number of nitrogens with two attached hydrogens (primary N) is 1. The minimum Gasteiger partial charge on any atom is -0.366 e. The molecule has 22 heavy (non-hydrogen) atoms. The standard InChI is InChI=1S/C14H18N4O4/c1-16-14(20)10-3-2-6-17(8-10)11-5-4-9(13(15)19)7-12(11)18(21)22/h4-5,7,10H,2-3,6,8H2,1H3,(H2,15,19)(H,16,20). The van der Waals surface area contributed by atoms with Gasteiger partial charge in [-0.1, -0.05) is 0 Å². The topological polar surface area (TPSA) is 119 Å². The van der Waals surface area contributed by atoms with Gasteiger partial charge in [-0.25, -0.2) is 0 Å². The van der Waals surface area contributed by atoms with Crippen LogP contribution in [0, 0.1) is 16.0 Å². The summed E-state index contributed by atoms with van der Waals surface area (Å²) in [7, 11) is 1.57. The van der Waals surface area contributed by atoms with Crippen LogP contribution in [0.3, 0.4) is 0 Å². The number of carbonyl (C=O) groups excluding carboxylic acids is 2. The number of rotatable bonds is 4. The molecule has 0 saturated carbocycles. The quantitative estimate of drug-likeness (QED) is 0.625. The molecule has 0 bridgehead atoms. The van der Waals surface area contributed by atoms with Crippen molar-refractivity contribution < 1.29 is 14.5 Å². The summed E-state index contributed by atoms with van der Waals surface area (Å²) in [6.07, 6.45) is 1.52. The van der Waals surface area contributed by atoms with Gasteiger partial charge in [-0.05, 0) is 25.0 Å². The minimum absolute atomic E-state index is 0.0684. The van der Waals surface area contributed by atoms with Crippen LogP contribution in [-0.2, 0) is 4.79 Å². The number of nitrogens with zero attached hydrogens (tertiary/aromatic N) is 2. The van der Waals surface area contributed by atoms with Crippen LogP contribution in [-0.4, -0.2) is 36.9 Å². The number of piperidine rings is 1. The Kier molecular flexibility index (Phi) is 4.59. The summed E-state index contributed by atoms with van der Waals surface area (Å²) >= 11 is 0. The van der Waals surface area contributed by atoms with E-state index >= 15 is 0 Å². The number of anilines is 1. The van der Waals surface area contributed by atoms with Crippen LogP contribution in [0.25, 0.3) is 0 Å². The zero-order valence-electron chi connectivity index (χ0n) is 12.2. The van der Waals surface area contributed by atoms with Crippen molar-refractivity contribution in [1.82, 2.24) is 5.32 Å². The maximum absolute atomic E-state index is 11.8. The highest BCUT2D eigenvalue weighted by atomic mass is 16.6. The Labute approximate surface area is 127 Å². The van der Waals surface area contributed by atoms with Crippen molar-refractivity contribution >= 4 is 23.2 Å². The lowest BCUT2D eigenvalue weighted by Gasteiger charge is -2.33. The predicted octanol–water partition coefficient (Wildman–Crippen LogP) is 0.656. The van der Waals surface area contributed by atoms with Gasteiger partial charge in [0, 0.05) is 31.8 Å². The molecule has 8 nitrogen and oxygen atoms in total. The molecule has 8 heteroatoms. The van der Waals surface area contributed by atoms with Crippen molar-refractivity contribution in [1.29, 1.82) is 0 Å². The van der Waals surface area contributed by atoms with Gasteiger partial charge in [0.15, 0.2) is 0 Å². The third-order valence-electron chi connectivity index (χ3n) is 3.84. The highest BCUT2D eigenvalue weighted by Crippen LogP contribution is 2.32. The lowest BCUT2D eigenvalue weighted by atomic mass is 9.96. The average molecular weight is 306 g/mol. The highest BCUT2D eigenvalue weighted by molar-refractivity contribution is 5.94. The van der Waals surface area contributed by atoms with E-state index in [9.17, 15) is 19.7 Å². The van der Waals surface area contributed by atoms with Crippen molar-refractivity contribution in [3.05, 3.63) is 33.9 Å². The molecule has 1 heterocycles. The van der Waals surface area contributed by atoms with Crippen molar-refractivity contribution in [2.45, 2.75) is 12.8 Å². The number of nitro groups is 1. The first kappa shape index (κ1) is 15.7. The second-order valence-corrected chi connectivity index (χ2v) is 5.22. The molecule has 0 radical (unpaired) electrons. The Morgan fingerprint density at radius 2 is 2.18 bits per heavy atom. The number of nitrogens with one attached hydrogen (secondary N) is 1. The maximum atomic E-state index is 11.8. The highest BCUT2D eigenvalue weighted by Gasteiger charge is 2.29. The van der Waals surface area contributed by atoms with Crippen molar-refractivity contribution in [2.75, 3.05) is 25.0 Å². The summed E-state index contributed by atoms with van der Waals surface area (Å²) in [6.45, 7) is 1.04. The van der Waals surface area contributed by atoms with Gasteiger partial charge in [0.05, 0.1) is 10.8 Å². The third kappa shape index (κ3) is 3.16. The van der Waals surface area contributed by atoms with E-state index in [2.05, 4.69) is 5.32 Å². The van der Waals surface area contributed by atoms with Gasteiger partial charge in [0.2, 0.25) is 11.8 Å². The SMILES string of the molecule is CNC(=O)C1CCCN(c2ccc(C(N)=O)cc2[N+](=O)[O-])C1. The molecule has 0 aromatic heterocycles. The molecule has 2 rings (SSSR count). The Bertz CT molecular complexity index is 617. The lowest BCUT2D eigenvalue weighted by Crippen LogP contribution is -2.42. The molecule has 3 N–H and O–H groups in total. The first-order chi connectivity index (χ1) is 10.4. The molecule has 1 aromatic rings. The number of benzene rings is 1. The third-order valence-corrected chi connectivity index (χ3v) is 3.84. The predicted molar refractivity (Wildman–Crippen MR) is 80.6 cm³/mol. The number of hydrogen-bond acceptors (Lipinski definition) is 5. The number of hydrogen-bond donors (Lipinski definition) is 2. The number of carbonyl (C=O) groups is 2. The molecule has 1 saturated heterocycles. The van der Waals surface area contributed by atoms with Gasteiger partial charge in [-0.3, -0.25) is 19.7 Å². The Balaban J connectivity index is 2.33. The fraction of sp³-hybridized carbons (Fsp3) is 0.429. The lowest BCUT2D eigenvalue weighted by molar-refractivity contribution is -0.384. The first-order valence-corrected chi connectivity index (χ1v) is 6.98. The summed E-state index contributed by atoms with van der Waals surface area (Å²) in [6, 6.07) is 4.17. The van der Waals surface area contributed by atoms with Gasteiger partial charge >= 0.3 is 0 Å². The van der Waals surface area contributed by atoms with Crippen LogP contribution in [0.15, 0.2) is 18.2 Å². The molecule has 1 aliphatic rings. The van der Waals surface area contributed by atoms with Gasteiger partial charge in [-0.2, -0.15) is 0 Å². The smallest absolute Gasteiger partial charge is 0.293 e. The Morgan fingerprint density at radius 3 is 2.77 bits per heavy atom. The summed E-state index contributed by atoms with van der Waals surface area (Å²) in [5, 5.41) is 13.9. The van der Waals surface area contributed by atoms with Crippen LogP contribution >= 0.6 is 0 Å². The van der Waals surface area contributed by atoms with Gasteiger partial charge < -0.3 is 16.0 Å². The molecule has 2 amide bonds. The van der Waals surface area contributed by atoms with E-state index in [1.807, 2.05) is 4.90 Å². The largest absolute Gasteiger partial charge is 0.366 e. The Morgan fingerprint density at radius 1 is 1.45 bits per heavy atom. The minimum atomic E-state index is -0.712. The summed E-state index contributed by atoms with van der Waals surface area (Å²) in [5.74, 6) is -0.980. The van der Waals surface area contributed by atoms with E-state index in [-0.39, 0.29) is 23.1 Å². The van der Waals surface area contributed by atoms with E-state index in [4.69, 9.17) is 5.73 Å². The summed E-state index contributed by atoms with van der Waals surface area (Å²) < 4.78 is 0. The molecular weight excluding hydrogens is 288 g/mol. The van der Waals surface area contributed by atoms with E-state index < -0.39 is 10.8 Å². The molecule has 118 valence electrons. The van der Waals surface area contributed by atoms with Crippen molar-refractivity contribution in [3.63, 3.8) is 0 Å². The number of nitro benzene ring substituents is 1. The van der Waals surface area contributed by atoms with Crippen molar-refractivity contribution in [3.8, 4) is 0 Å². The molecule has 1 unspecified atom stereocenters. The molecule has 1 atom stereocenters. The van der Waals surface area contributed by atoms with Gasteiger partial charge in [-0.15, -0.1) is 0 Å². The summed E-state index contributed by atoms with van der Waals surface area (Å²) in [4.78, 5) is 35.5. The normalized spacial score (nSPS) is 17.9. The van der Waals surface area contributed by atoms with E-state index in [0.717, 1.165) is 12.8 Å². The van der Waals surface area contributed by atoms with Crippen LogP contribution in [0.1, 0.15) is 23.2 Å². The van der Waals surface area contributed by atoms with Crippen LogP contribution < -0.4 is 16.0 Å². The molecule has 1 aliphatic heterocycles. The van der Waals surface area contributed by atoms with E-state index in [1.54, 1.807) is 7.05 Å². The molecule has 0 spiro atoms. The number of primary amides is 1. The monoisotopic (exact) mass is 306 g/mol. The molecular formula is C14H18N4O4. The zero-order chi connectivity index (χ0) is 16.3. The van der Waals surface area contributed by atoms with Crippen LogP contribution in [0.2, 0.25) is 0 Å². The average Bonchev–Trinajstić information content (AvgIpc) is 2.53. The van der Waals surface area contributed by atoms with Crippen molar-refractivity contribution in [2.24, 2.45) is 11.7 Å². The fourth-order valence-electron chi connectivity index (χ4n) is 2.70. The fourth-order valence-corrected chi connectivity index (χ4v) is 2.70. The van der Waals surface area contributed by atoms with Crippen LogP contribution in [0.4, 0.5) is 11.4 Å². The first-order valence-electron chi connectivity index (χ1n) is 6.98. The van der Waals surface area contributed by atoms with Gasteiger partial charge in [0.25, 0.3) is 5.69 Å². The molecule has 1 fully saturated rings. The second kappa shape index (κ2) is 6.42. The maximum Gasteiger partial charge on any atom is 0.293 e. The van der Waals surface area contributed by atoms with E-state index in [1.165, 1.54) is 18.2 Å².